The minimum atomic E-state index is 0. The van der Waals surface area contributed by atoms with E-state index in [9.17, 15) is 0 Å². The number of nitrogens with one attached hydrogen (secondary N) is 1. The molecule has 2 nitrogen and oxygen atoms in total. The summed E-state index contributed by atoms with van der Waals surface area (Å²) in [5, 5.41) is 0. The van der Waals surface area contributed by atoms with Crippen LogP contribution in [0.25, 0.3) is 0 Å². The molecule has 0 aliphatic rings. The highest BCUT2D eigenvalue weighted by molar-refractivity contribution is 5.13. The molecule has 0 aliphatic carbocycles. The Kier molecular flexibility index (Phi) is 35.7. The summed E-state index contributed by atoms with van der Waals surface area (Å²) in [5.41, 5.74) is 1.46. The molecule has 4 heteroatoms. The average Bonchev–Trinajstić information content (AvgIpc) is 2.87. The van der Waals surface area contributed by atoms with Gasteiger partial charge in [-0.25, -0.2) is 0 Å². The first kappa shape index (κ1) is 43.2. The van der Waals surface area contributed by atoms with Crippen LogP contribution in [0, 0.1) is 0 Å². The second kappa shape index (κ2) is 32.2. The van der Waals surface area contributed by atoms with E-state index in [0.717, 1.165) is 11.0 Å². The third-order valence-corrected chi connectivity index (χ3v) is 7.60. The molecule has 39 heavy (non-hydrogen) atoms. The predicted molar refractivity (Wildman–Crippen MR) is 168 cm³/mol. The molecule has 1 aromatic rings. The van der Waals surface area contributed by atoms with E-state index in [0.29, 0.717) is 0 Å². The number of unbranched alkanes of at least 4 members (excludes halogenated alkanes) is 18. The fraction of sp³-hybridized carbons (Fsp3) is 0.829. The zero-order valence-corrected chi connectivity index (χ0v) is 28.9. The predicted octanol–water partition coefficient (Wildman–Crippen LogP) is 3.24. The van der Waals surface area contributed by atoms with Gasteiger partial charge in [0.2, 0.25) is 0 Å². The van der Waals surface area contributed by atoms with Crippen LogP contribution in [-0.4, -0.2) is 45.8 Å². The number of nitrogens with zero attached hydrogens (tertiary/aromatic N) is 1. The summed E-state index contributed by atoms with van der Waals surface area (Å²) in [5.74, 6) is 0. The molecule has 0 saturated carbocycles. The van der Waals surface area contributed by atoms with Gasteiger partial charge in [0.25, 0.3) is 0 Å². The van der Waals surface area contributed by atoms with E-state index in [-0.39, 0.29) is 24.8 Å². The van der Waals surface area contributed by atoms with Crippen molar-refractivity contribution in [2.24, 2.45) is 0 Å². The Labute approximate surface area is 259 Å². The minimum Gasteiger partial charge on any atom is -1.00 e. The van der Waals surface area contributed by atoms with Crippen LogP contribution < -0.4 is 29.7 Å². The Balaban J connectivity index is -0.000000676. The monoisotopic (exact) mass is 588 g/mol. The van der Waals surface area contributed by atoms with Gasteiger partial charge in [-0.05, 0) is 25.7 Å². The number of hydrogen-bond acceptors (Lipinski definition) is 0. The SMILES string of the molecule is CCCCCCCCCCCC[N+](C)(C)Cc1ccccc1.CCCCCCCCCCCC[NH+](C)C.[Cl-].[Cl-]. The fourth-order valence-electron chi connectivity index (χ4n) is 5.15. The number of halogens is 2. The minimum absolute atomic E-state index is 0. The number of hydrogen-bond donors (Lipinski definition) is 1. The third-order valence-electron chi connectivity index (χ3n) is 7.60. The summed E-state index contributed by atoms with van der Waals surface area (Å²) < 4.78 is 1.11. The quantitative estimate of drug-likeness (QED) is 0.140. The molecule has 0 amide bonds. The molecular formula is C35H70Cl2N2. The van der Waals surface area contributed by atoms with Crippen LogP contribution in [0.1, 0.15) is 148 Å². The maximum atomic E-state index is 2.36. The molecule has 0 unspecified atom stereocenters. The van der Waals surface area contributed by atoms with Crippen LogP contribution in [0.4, 0.5) is 0 Å². The van der Waals surface area contributed by atoms with E-state index in [4.69, 9.17) is 0 Å². The first-order valence-corrected chi connectivity index (χ1v) is 16.6. The van der Waals surface area contributed by atoms with Crippen LogP contribution in [-0.2, 0) is 6.54 Å². The Hall–Kier alpha value is -0.280. The number of benzene rings is 1. The molecule has 0 fully saturated rings. The van der Waals surface area contributed by atoms with Crippen LogP contribution >= 0.6 is 0 Å². The van der Waals surface area contributed by atoms with E-state index in [1.807, 2.05) is 0 Å². The van der Waals surface area contributed by atoms with Crippen molar-refractivity contribution in [2.75, 3.05) is 41.3 Å². The lowest BCUT2D eigenvalue weighted by Crippen LogP contribution is -3.05. The second-order valence-corrected chi connectivity index (χ2v) is 12.6. The normalized spacial score (nSPS) is 10.9. The summed E-state index contributed by atoms with van der Waals surface area (Å²) in [6, 6.07) is 10.9. The van der Waals surface area contributed by atoms with Crippen LogP contribution in [0.3, 0.4) is 0 Å². The average molecular weight is 590 g/mol. The zero-order valence-electron chi connectivity index (χ0n) is 27.4. The molecule has 0 bridgehead atoms. The van der Waals surface area contributed by atoms with Crippen molar-refractivity contribution < 1.29 is 34.2 Å². The third kappa shape index (κ3) is 33.8. The van der Waals surface area contributed by atoms with Crippen LogP contribution in [0.2, 0.25) is 0 Å². The summed E-state index contributed by atoms with van der Waals surface area (Å²) in [6.45, 7) is 8.37. The molecule has 0 saturated heterocycles. The smallest absolute Gasteiger partial charge is 0.104 e. The summed E-state index contributed by atoms with van der Waals surface area (Å²) in [4.78, 5) is 1.59. The van der Waals surface area contributed by atoms with Gasteiger partial charge in [0.1, 0.15) is 6.54 Å². The van der Waals surface area contributed by atoms with Gasteiger partial charge in [-0.15, -0.1) is 0 Å². The van der Waals surface area contributed by atoms with Crippen molar-refractivity contribution in [2.45, 2.75) is 149 Å². The van der Waals surface area contributed by atoms with Gasteiger partial charge in [0.05, 0.1) is 41.3 Å². The van der Waals surface area contributed by atoms with Crippen molar-refractivity contribution in [1.29, 1.82) is 0 Å². The van der Waals surface area contributed by atoms with Gasteiger partial charge in [-0.3, -0.25) is 0 Å². The molecular weight excluding hydrogens is 519 g/mol. The molecule has 0 aliphatic heterocycles. The van der Waals surface area contributed by atoms with Crippen LogP contribution in [0.5, 0.6) is 0 Å². The van der Waals surface area contributed by atoms with Gasteiger partial charge >= 0.3 is 0 Å². The van der Waals surface area contributed by atoms with Crippen LogP contribution in [0.15, 0.2) is 30.3 Å². The Morgan fingerprint density at radius 1 is 0.513 bits per heavy atom. The highest BCUT2D eigenvalue weighted by Gasteiger charge is 2.14. The Morgan fingerprint density at radius 3 is 1.26 bits per heavy atom. The molecule has 1 aromatic carbocycles. The van der Waals surface area contributed by atoms with Gasteiger partial charge in [0.15, 0.2) is 0 Å². The molecule has 234 valence electrons. The lowest BCUT2D eigenvalue weighted by Gasteiger charge is -2.30. The number of rotatable bonds is 24. The van der Waals surface area contributed by atoms with Crippen molar-refractivity contribution >= 4 is 0 Å². The van der Waals surface area contributed by atoms with E-state index >= 15 is 0 Å². The molecule has 0 radical (unpaired) electrons. The molecule has 0 aromatic heterocycles. The van der Waals surface area contributed by atoms with E-state index in [1.54, 1.807) is 4.90 Å². The molecule has 0 atom stereocenters. The van der Waals surface area contributed by atoms with E-state index in [1.165, 1.54) is 147 Å². The first-order valence-electron chi connectivity index (χ1n) is 16.6. The molecule has 1 rings (SSSR count). The van der Waals surface area contributed by atoms with Gasteiger partial charge in [-0.1, -0.05) is 147 Å². The first-order chi connectivity index (χ1) is 17.9. The lowest BCUT2D eigenvalue weighted by molar-refractivity contribution is -0.903. The van der Waals surface area contributed by atoms with Crippen molar-refractivity contribution in [3.05, 3.63) is 35.9 Å². The number of quaternary nitrogens is 2. The highest BCUT2D eigenvalue weighted by atomic mass is 35.5. The largest absolute Gasteiger partial charge is 1.00 e. The maximum Gasteiger partial charge on any atom is 0.104 e. The second-order valence-electron chi connectivity index (χ2n) is 12.6. The fourth-order valence-corrected chi connectivity index (χ4v) is 5.15. The Bertz CT molecular complexity index is 563. The van der Waals surface area contributed by atoms with Crippen molar-refractivity contribution in [1.82, 2.24) is 0 Å². The topological polar surface area (TPSA) is 4.44 Å². The Morgan fingerprint density at radius 2 is 0.872 bits per heavy atom. The van der Waals surface area contributed by atoms with Crippen molar-refractivity contribution in [3.63, 3.8) is 0 Å². The summed E-state index contributed by atoms with van der Waals surface area (Å²) >= 11 is 0. The zero-order chi connectivity index (χ0) is 27.5. The lowest BCUT2D eigenvalue weighted by atomic mass is 10.1. The van der Waals surface area contributed by atoms with E-state index in [2.05, 4.69) is 72.4 Å². The van der Waals surface area contributed by atoms with Crippen molar-refractivity contribution in [3.8, 4) is 0 Å². The molecule has 0 spiro atoms. The van der Waals surface area contributed by atoms with Gasteiger partial charge in [0, 0.05) is 5.56 Å². The maximum absolute atomic E-state index is 2.36. The standard InChI is InChI=1S/C21H38N.C14H31N.2ClH/c1-4-5-6-7-8-9-10-11-12-16-19-22(2,3)20-21-17-14-13-15-18-21;1-4-5-6-7-8-9-10-11-12-13-14-15(2)3;;/h13-15,17-18H,4-12,16,19-20H2,1-3H3;4-14H2,1-3H3;2*1H/q+1;;;/p-1. The van der Waals surface area contributed by atoms with Gasteiger partial charge in [-0.2, -0.15) is 0 Å². The molecule has 1 N–H and O–H groups in total. The van der Waals surface area contributed by atoms with Gasteiger partial charge < -0.3 is 34.2 Å². The summed E-state index contributed by atoms with van der Waals surface area (Å²) in [6.07, 6.45) is 28.7. The highest BCUT2D eigenvalue weighted by Crippen LogP contribution is 2.14. The van der Waals surface area contributed by atoms with E-state index < -0.39 is 0 Å². The summed E-state index contributed by atoms with van der Waals surface area (Å²) in [7, 11) is 9.21. The molecule has 0 heterocycles.